The van der Waals surface area contributed by atoms with Crippen molar-refractivity contribution in [3.63, 3.8) is 0 Å². The number of anilines is 1. The van der Waals surface area contributed by atoms with E-state index in [4.69, 9.17) is 16.3 Å². The molecule has 0 aromatic heterocycles. The molecule has 1 amide bonds. The standard InChI is InChI=1S/C14H19ClN2O2/c15-12-4-1-5-13(7-12)17-14(18)10-19-9-11-3-2-6-16-8-11/h1,4-5,7,11,16H,2-3,6,8-10H2,(H,17,18). The molecule has 0 aliphatic carbocycles. The second kappa shape index (κ2) is 7.48. The van der Waals surface area contributed by atoms with Gasteiger partial charge in [0, 0.05) is 17.3 Å². The van der Waals surface area contributed by atoms with Gasteiger partial charge in [-0.3, -0.25) is 4.79 Å². The molecule has 1 unspecified atom stereocenters. The molecule has 1 heterocycles. The van der Waals surface area contributed by atoms with E-state index in [0.717, 1.165) is 13.1 Å². The summed E-state index contributed by atoms with van der Waals surface area (Å²) in [5.74, 6) is 0.374. The van der Waals surface area contributed by atoms with Gasteiger partial charge in [-0.2, -0.15) is 0 Å². The maximum Gasteiger partial charge on any atom is 0.250 e. The molecule has 0 bridgehead atoms. The molecule has 0 saturated carbocycles. The van der Waals surface area contributed by atoms with Crippen LogP contribution in [-0.4, -0.2) is 32.2 Å². The van der Waals surface area contributed by atoms with Crippen LogP contribution in [0.3, 0.4) is 0 Å². The number of nitrogens with one attached hydrogen (secondary N) is 2. The van der Waals surface area contributed by atoms with Gasteiger partial charge < -0.3 is 15.4 Å². The highest BCUT2D eigenvalue weighted by Gasteiger charge is 2.13. The Bertz CT molecular complexity index is 420. The summed E-state index contributed by atoms with van der Waals surface area (Å²) >= 11 is 5.84. The summed E-state index contributed by atoms with van der Waals surface area (Å²) in [6.45, 7) is 2.79. The Morgan fingerprint density at radius 3 is 3.16 bits per heavy atom. The third-order valence-corrected chi connectivity index (χ3v) is 3.33. The number of hydrogen-bond donors (Lipinski definition) is 2. The van der Waals surface area contributed by atoms with E-state index in [1.54, 1.807) is 24.3 Å². The molecular weight excluding hydrogens is 264 g/mol. The molecule has 104 valence electrons. The average Bonchev–Trinajstić information content (AvgIpc) is 2.40. The lowest BCUT2D eigenvalue weighted by Gasteiger charge is -2.22. The molecule has 1 atom stereocenters. The van der Waals surface area contributed by atoms with E-state index in [2.05, 4.69) is 10.6 Å². The Balaban J connectivity index is 1.67. The zero-order valence-corrected chi connectivity index (χ0v) is 11.6. The van der Waals surface area contributed by atoms with E-state index < -0.39 is 0 Å². The summed E-state index contributed by atoms with van der Waals surface area (Å²) in [6.07, 6.45) is 2.35. The molecule has 4 nitrogen and oxygen atoms in total. The molecule has 1 aromatic carbocycles. The minimum absolute atomic E-state index is 0.0863. The van der Waals surface area contributed by atoms with Gasteiger partial charge >= 0.3 is 0 Å². The van der Waals surface area contributed by atoms with Crippen LogP contribution in [-0.2, 0) is 9.53 Å². The van der Waals surface area contributed by atoms with E-state index >= 15 is 0 Å². The van der Waals surface area contributed by atoms with Gasteiger partial charge in [-0.05, 0) is 43.5 Å². The number of amides is 1. The lowest BCUT2D eigenvalue weighted by molar-refractivity contribution is -0.121. The maximum absolute atomic E-state index is 11.7. The predicted octanol–water partition coefficient (Wildman–Crippen LogP) is 2.29. The molecule has 1 aliphatic rings. The zero-order chi connectivity index (χ0) is 13.5. The number of piperidine rings is 1. The lowest BCUT2D eigenvalue weighted by Crippen LogP contribution is -2.33. The maximum atomic E-state index is 11.7. The Labute approximate surface area is 118 Å². The smallest absolute Gasteiger partial charge is 0.250 e. The lowest BCUT2D eigenvalue weighted by atomic mass is 10.0. The Morgan fingerprint density at radius 1 is 1.53 bits per heavy atom. The van der Waals surface area contributed by atoms with Crippen molar-refractivity contribution in [3.8, 4) is 0 Å². The van der Waals surface area contributed by atoms with E-state index in [-0.39, 0.29) is 12.5 Å². The van der Waals surface area contributed by atoms with Crippen molar-refractivity contribution < 1.29 is 9.53 Å². The fourth-order valence-electron chi connectivity index (χ4n) is 2.15. The normalized spacial score (nSPS) is 19.1. The average molecular weight is 283 g/mol. The summed E-state index contributed by atoms with van der Waals surface area (Å²) in [5.41, 5.74) is 0.695. The molecule has 1 fully saturated rings. The van der Waals surface area contributed by atoms with Gasteiger partial charge in [0.15, 0.2) is 0 Å². The molecule has 1 aromatic rings. The monoisotopic (exact) mass is 282 g/mol. The minimum atomic E-state index is -0.147. The quantitative estimate of drug-likeness (QED) is 0.871. The predicted molar refractivity (Wildman–Crippen MR) is 76.5 cm³/mol. The van der Waals surface area contributed by atoms with Gasteiger partial charge in [0.25, 0.3) is 0 Å². The highest BCUT2D eigenvalue weighted by Crippen LogP contribution is 2.15. The summed E-state index contributed by atoms with van der Waals surface area (Å²) in [7, 11) is 0. The van der Waals surface area contributed by atoms with Crippen LogP contribution >= 0.6 is 11.6 Å². The minimum Gasteiger partial charge on any atom is -0.371 e. The van der Waals surface area contributed by atoms with Gasteiger partial charge in [-0.15, -0.1) is 0 Å². The SMILES string of the molecule is O=C(COCC1CCCNC1)Nc1cccc(Cl)c1. The highest BCUT2D eigenvalue weighted by molar-refractivity contribution is 6.30. The van der Waals surface area contributed by atoms with E-state index in [0.29, 0.717) is 23.2 Å². The first-order valence-electron chi connectivity index (χ1n) is 6.58. The Morgan fingerprint density at radius 2 is 2.42 bits per heavy atom. The van der Waals surface area contributed by atoms with Crippen LogP contribution in [0.1, 0.15) is 12.8 Å². The first-order valence-corrected chi connectivity index (χ1v) is 6.96. The van der Waals surface area contributed by atoms with Crippen molar-refractivity contribution in [2.24, 2.45) is 5.92 Å². The van der Waals surface area contributed by atoms with Crippen LogP contribution in [0, 0.1) is 5.92 Å². The number of ether oxygens (including phenoxy) is 1. The van der Waals surface area contributed by atoms with Crippen molar-refractivity contribution in [2.75, 3.05) is 31.6 Å². The first-order chi connectivity index (χ1) is 9.24. The second-order valence-corrected chi connectivity index (χ2v) is 5.22. The van der Waals surface area contributed by atoms with Crippen LogP contribution in [0.5, 0.6) is 0 Å². The van der Waals surface area contributed by atoms with Crippen molar-refractivity contribution in [1.82, 2.24) is 5.32 Å². The fraction of sp³-hybridized carbons (Fsp3) is 0.500. The summed E-state index contributed by atoms with van der Waals surface area (Å²) in [4.78, 5) is 11.7. The van der Waals surface area contributed by atoms with Crippen LogP contribution in [0.25, 0.3) is 0 Å². The van der Waals surface area contributed by atoms with E-state index in [1.165, 1.54) is 12.8 Å². The van der Waals surface area contributed by atoms with Crippen molar-refractivity contribution in [1.29, 1.82) is 0 Å². The number of benzene rings is 1. The number of halogens is 1. The number of carbonyl (C=O) groups excluding carboxylic acids is 1. The van der Waals surface area contributed by atoms with Crippen LogP contribution in [0.2, 0.25) is 5.02 Å². The molecule has 2 rings (SSSR count). The molecule has 1 saturated heterocycles. The summed E-state index contributed by atoms with van der Waals surface area (Å²) in [5, 5.41) is 6.68. The molecule has 2 N–H and O–H groups in total. The van der Waals surface area contributed by atoms with Gasteiger partial charge in [0.2, 0.25) is 5.91 Å². The van der Waals surface area contributed by atoms with Crippen molar-refractivity contribution in [3.05, 3.63) is 29.3 Å². The summed E-state index contributed by atoms with van der Waals surface area (Å²) in [6, 6.07) is 7.08. The second-order valence-electron chi connectivity index (χ2n) is 4.79. The van der Waals surface area contributed by atoms with Crippen LogP contribution < -0.4 is 10.6 Å². The highest BCUT2D eigenvalue weighted by atomic mass is 35.5. The molecule has 19 heavy (non-hydrogen) atoms. The molecular formula is C14H19ClN2O2. The first kappa shape index (κ1) is 14.3. The number of carbonyl (C=O) groups is 1. The largest absolute Gasteiger partial charge is 0.371 e. The van der Waals surface area contributed by atoms with Gasteiger partial charge in [0.1, 0.15) is 6.61 Å². The molecule has 1 aliphatic heterocycles. The van der Waals surface area contributed by atoms with E-state index in [9.17, 15) is 4.79 Å². The van der Waals surface area contributed by atoms with Gasteiger partial charge in [-0.25, -0.2) is 0 Å². The van der Waals surface area contributed by atoms with Gasteiger partial charge in [-0.1, -0.05) is 17.7 Å². The molecule has 0 spiro atoms. The van der Waals surface area contributed by atoms with Crippen molar-refractivity contribution in [2.45, 2.75) is 12.8 Å². The number of hydrogen-bond acceptors (Lipinski definition) is 3. The van der Waals surface area contributed by atoms with E-state index in [1.807, 2.05) is 0 Å². The summed E-state index contributed by atoms with van der Waals surface area (Å²) < 4.78 is 5.45. The fourth-order valence-corrected chi connectivity index (χ4v) is 2.34. The van der Waals surface area contributed by atoms with Crippen LogP contribution in [0.4, 0.5) is 5.69 Å². The molecule has 0 radical (unpaired) electrons. The topological polar surface area (TPSA) is 50.4 Å². The van der Waals surface area contributed by atoms with Gasteiger partial charge in [0.05, 0.1) is 6.61 Å². The Hall–Kier alpha value is -1.10. The van der Waals surface area contributed by atoms with Crippen molar-refractivity contribution >= 4 is 23.2 Å². The number of rotatable bonds is 5. The Kier molecular flexibility index (Phi) is 5.63. The third-order valence-electron chi connectivity index (χ3n) is 3.09. The zero-order valence-electron chi connectivity index (χ0n) is 10.8. The molecule has 5 heteroatoms. The third kappa shape index (κ3) is 5.19. The van der Waals surface area contributed by atoms with Crippen LogP contribution in [0.15, 0.2) is 24.3 Å².